The average molecular weight is 309 g/mol. The number of benzene rings is 1. The van der Waals surface area contributed by atoms with Gasteiger partial charge in [-0.05, 0) is 13.3 Å². The molecule has 0 spiro atoms. The minimum absolute atomic E-state index is 0.383. The zero-order chi connectivity index (χ0) is 15.6. The van der Waals surface area contributed by atoms with Crippen molar-refractivity contribution in [2.45, 2.75) is 38.9 Å². The summed E-state index contributed by atoms with van der Waals surface area (Å²) in [5, 5.41) is 12.1. The molecule has 0 saturated heterocycles. The van der Waals surface area contributed by atoms with E-state index in [1.807, 2.05) is 48.0 Å². The molecule has 23 heavy (non-hydrogen) atoms. The molecule has 6 heteroatoms. The third kappa shape index (κ3) is 3.03. The van der Waals surface area contributed by atoms with Crippen molar-refractivity contribution < 1.29 is 4.52 Å². The summed E-state index contributed by atoms with van der Waals surface area (Å²) in [7, 11) is 0. The van der Waals surface area contributed by atoms with E-state index in [-0.39, 0.29) is 0 Å². The maximum atomic E-state index is 5.44. The summed E-state index contributed by atoms with van der Waals surface area (Å²) >= 11 is 0. The number of fused-ring (bicyclic) bond motifs is 1. The van der Waals surface area contributed by atoms with Gasteiger partial charge in [0.25, 0.3) is 0 Å². The second-order valence-corrected chi connectivity index (χ2v) is 5.92. The van der Waals surface area contributed by atoms with Gasteiger partial charge in [-0.2, -0.15) is 5.10 Å². The van der Waals surface area contributed by atoms with Gasteiger partial charge in [0.05, 0.1) is 13.1 Å². The first kappa shape index (κ1) is 14.1. The molecule has 1 aromatic carbocycles. The van der Waals surface area contributed by atoms with E-state index >= 15 is 0 Å². The van der Waals surface area contributed by atoms with E-state index in [1.54, 1.807) is 0 Å². The fourth-order valence-electron chi connectivity index (χ4n) is 2.99. The number of aryl methyl sites for hydroxylation is 2. The van der Waals surface area contributed by atoms with Crippen LogP contribution in [-0.2, 0) is 19.5 Å². The van der Waals surface area contributed by atoms with Gasteiger partial charge in [-0.3, -0.25) is 0 Å². The molecule has 6 nitrogen and oxygen atoms in total. The Labute approximate surface area is 134 Å². The van der Waals surface area contributed by atoms with E-state index in [4.69, 9.17) is 4.52 Å². The van der Waals surface area contributed by atoms with E-state index < -0.39 is 0 Å². The number of aromatic nitrogens is 4. The Bertz CT molecular complexity index is 792. The van der Waals surface area contributed by atoms with Crippen molar-refractivity contribution in [3.05, 3.63) is 53.8 Å². The van der Waals surface area contributed by atoms with Gasteiger partial charge in [-0.25, -0.2) is 9.67 Å². The van der Waals surface area contributed by atoms with Crippen LogP contribution in [0, 0.1) is 6.92 Å². The van der Waals surface area contributed by atoms with Crippen LogP contribution in [0.4, 0.5) is 0 Å². The van der Waals surface area contributed by atoms with Gasteiger partial charge in [0, 0.05) is 24.1 Å². The standard InChI is InChI=1S/C17H19N5O/c1-12-19-17-8-7-14(11-22(17)20-12)18-10-15-9-16(21-23-15)13-5-3-2-4-6-13/h2-6,9,14,18H,7-8,10-11H2,1H3. The molecular weight excluding hydrogens is 290 g/mol. The topological polar surface area (TPSA) is 68.8 Å². The van der Waals surface area contributed by atoms with Gasteiger partial charge in [0.2, 0.25) is 0 Å². The smallest absolute Gasteiger partial charge is 0.151 e. The van der Waals surface area contributed by atoms with Gasteiger partial charge in [-0.15, -0.1) is 0 Å². The van der Waals surface area contributed by atoms with Crippen molar-refractivity contribution in [2.75, 3.05) is 0 Å². The first-order valence-corrected chi connectivity index (χ1v) is 7.92. The number of hydrogen-bond donors (Lipinski definition) is 1. The molecule has 0 saturated carbocycles. The third-order valence-electron chi connectivity index (χ3n) is 4.16. The normalized spacial score (nSPS) is 17.2. The number of nitrogens with zero attached hydrogens (tertiary/aromatic N) is 4. The summed E-state index contributed by atoms with van der Waals surface area (Å²) in [5.74, 6) is 2.79. The van der Waals surface area contributed by atoms with E-state index in [9.17, 15) is 0 Å². The molecule has 0 aliphatic carbocycles. The predicted octanol–water partition coefficient (Wildman–Crippen LogP) is 2.35. The summed E-state index contributed by atoms with van der Waals surface area (Å²) in [6.07, 6.45) is 2.03. The van der Waals surface area contributed by atoms with Crippen LogP contribution in [0.25, 0.3) is 11.3 Å². The van der Waals surface area contributed by atoms with Crippen molar-refractivity contribution in [3.63, 3.8) is 0 Å². The first-order chi connectivity index (χ1) is 11.3. The largest absolute Gasteiger partial charge is 0.359 e. The van der Waals surface area contributed by atoms with Gasteiger partial charge in [0.15, 0.2) is 5.76 Å². The fraction of sp³-hybridized carbons (Fsp3) is 0.353. The lowest BCUT2D eigenvalue weighted by Crippen LogP contribution is -2.37. The zero-order valence-electron chi connectivity index (χ0n) is 13.1. The van der Waals surface area contributed by atoms with E-state index in [1.165, 1.54) is 0 Å². The Kier molecular flexibility index (Phi) is 3.67. The van der Waals surface area contributed by atoms with Crippen LogP contribution in [0.3, 0.4) is 0 Å². The van der Waals surface area contributed by atoms with Crippen molar-refractivity contribution in [3.8, 4) is 11.3 Å². The summed E-state index contributed by atoms with van der Waals surface area (Å²) in [6, 6.07) is 12.4. The second kappa shape index (κ2) is 5.96. The predicted molar refractivity (Wildman–Crippen MR) is 85.6 cm³/mol. The van der Waals surface area contributed by atoms with Gasteiger partial charge in [-0.1, -0.05) is 35.5 Å². The Morgan fingerprint density at radius 2 is 2.17 bits per heavy atom. The Morgan fingerprint density at radius 3 is 3.04 bits per heavy atom. The van der Waals surface area contributed by atoms with Crippen LogP contribution in [0.1, 0.15) is 23.8 Å². The van der Waals surface area contributed by atoms with Crippen molar-refractivity contribution >= 4 is 0 Å². The monoisotopic (exact) mass is 309 g/mol. The lowest BCUT2D eigenvalue weighted by atomic mass is 10.1. The first-order valence-electron chi connectivity index (χ1n) is 7.92. The van der Waals surface area contributed by atoms with Crippen LogP contribution in [0.5, 0.6) is 0 Å². The second-order valence-electron chi connectivity index (χ2n) is 5.92. The number of rotatable bonds is 4. The highest BCUT2D eigenvalue weighted by atomic mass is 16.5. The van der Waals surface area contributed by atoms with Gasteiger partial charge in [0.1, 0.15) is 17.3 Å². The molecule has 3 aromatic rings. The van der Waals surface area contributed by atoms with Gasteiger partial charge < -0.3 is 9.84 Å². The molecule has 0 fully saturated rings. The molecule has 1 aliphatic heterocycles. The van der Waals surface area contributed by atoms with Crippen LogP contribution >= 0.6 is 0 Å². The molecule has 4 rings (SSSR count). The van der Waals surface area contributed by atoms with Crippen molar-refractivity contribution in [2.24, 2.45) is 0 Å². The number of hydrogen-bond acceptors (Lipinski definition) is 5. The Morgan fingerprint density at radius 1 is 1.30 bits per heavy atom. The number of nitrogens with one attached hydrogen (secondary N) is 1. The maximum Gasteiger partial charge on any atom is 0.151 e. The summed E-state index contributed by atoms with van der Waals surface area (Å²) in [4.78, 5) is 4.44. The molecule has 0 amide bonds. The Hall–Kier alpha value is -2.47. The molecule has 1 unspecified atom stereocenters. The van der Waals surface area contributed by atoms with Crippen LogP contribution in [0.2, 0.25) is 0 Å². The summed E-state index contributed by atoms with van der Waals surface area (Å²) in [5.41, 5.74) is 1.95. The summed E-state index contributed by atoms with van der Waals surface area (Å²) in [6.45, 7) is 3.47. The SMILES string of the molecule is Cc1nc2n(n1)CC(NCc1cc(-c3ccccc3)no1)CC2. The van der Waals surface area contributed by atoms with Gasteiger partial charge >= 0.3 is 0 Å². The lowest BCUT2D eigenvalue weighted by molar-refractivity contribution is 0.325. The molecule has 1 atom stereocenters. The highest BCUT2D eigenvalue weighted by molar-refractivity contribution is 5.58. The lowest BCUT2D eigenvalue weighted by Gasteiger charge is -2.23. The van der Waals surface area contributed by atoms with Crippen LogP contribution < -0.4 is 5.32 Å². The van der Waals surface area contributed by atoms with Crippen molar-refractivity contribution in [1.29, 1.82) is 0 Å². The molecule has 0 bridgehead atoms. The van der Waals surface area contributed by atoms with Crippen molar-refractivity contribution in [1.82, 2.24) is 25.2 Å². The highest BCUT2D eigenvalue weighted by Crippen LogP contribution is 2.19. The van der Waals surface area contributed by atoms with Crippen LogP contribution in [0.15, 0.2) is 40.9 Å². The molecule has 1 aliphatic rings. The van der Waals surface area contributed by atoms with Crippen LogP contribution in [-0.4, -0.2) is 26.0 Å². The third-order valence-corrected chi connectivity index (χ3v) is 4.16. The molecule has 0 radical (unpaired) electrons. The molecular formula is C17H19N5O. The zero-order valence-corrected chi connectivity index (χ0v) is 13.1. The molecule has 3 heterocycles. The minimum atomic E-state index is 0.383. The minimum Gasteiger partial charge on any atom is -0.359 e. The van der Waals surface area contributed by atoms with E-state index in [0.29, 0.717) is 12.6 Å². The fourth-order valence-corrected chi connectivity index (χ4v) is 2.99. The van der Waals surface area contributed by atoms with E-state index in [2.05, 4.69) is 20.6 Å². The maximum absolute atomic E-state index is 5.44. The molecule has 2 aromatic heterocycles. The average Bonchev–Trinajstić information content (AvgIpc) is 3.18. The molecule has 118 valence electrons. The highest BCUT2D eigenvalue weighted by Gasteiger charge is 2.20. The Balaban J connectivity index is 1.38. The molecule has 1 N–H and O–H groups in total. The quantitative estimate of drug-likeness (QED) is 0.801. The summed E-state index contributed by atoms with van der Waals surface area (Å²) < 4.78 is 7.44. The van der Waals surface area contributed by atoms with E-state index in [0.717, 1.165) is 48.1 Å².